The highest BCUT2D eigenvalue weighted by atomic mass is 19.1. The summed E-state index contributed by atoms with van der Waals surface area (Å²) in [5, 5.41) is 19.7. The Morgan fingerprint density at radius 1 is 1.24 bits per heavy atom. The smallest absolute Gasteiger partial charge is 0.311 e. The number of nitro benzene ring substituents is 1. The van der Waals surface area contributed by atoms with Gasteiger partial charge in [0, 0.05) is 18.2 Å². The number of nitrogens with zero attached hydrogens (tertiary/aromatic N) is 2. The first-order chi connectivity index (χ1) is 10.0. The Morgan fingerprint density at radius 3 is 2.62 bits per heavy atom. The summed E-state index contributed by atoms with van der Waals surface area (Å²) in [5.41, 5.74) is -0.242. The summed E-state index contributed by atoms with van der Waals surface area (Å²) in [7, 11) is 1.40. The van der Waals surface area contributed by atoms with Gasteiger partial charge in [-0.05, 0) is 18.2 Å². The molecular weight excluding hydrogens is 279 g/mol. The predicted octanol–water partition coefficient (Wildman–Crippen LogP) is 3.41. The van der Waals surface area contributed by atoms with E-state index in [-0.39, 0.29) is 22.7 Å². The van der Waals surface area contributed by atoms with Crippen LogP contribution in [0.4, 0.5) is 10.1 Å². The molecule has 0 radical (unpaired) electrons. The van der Waals surface area contributed by atoms with Crippen molar-refractivity contribution in [3.8, 4) is 23.3 Å². The summed E-state index contributed by atoms with van der Waals surface area (Å²) in [4.78, 5) is 10.3. The Morgan fingerprint density at radius 2 is 2.00 bits per heavy atom. The van der Waals surface area contributed by atoms with Crippen molar-refractivity contribution in [3.05, 3.63) is 57.9 Å². The maximum atomic E-state index is 13.3. The van der Waals surface area contributed by atoms with E-state index >= 15 is 0 Å². The molecule has 0 saturated heterocycles. The number of rotatable bonds is 4. The molecule has 0 aliphatic carbocycles. The molecule has 0 atom stereocenters. The molecule has 21 heavy (non-hydrogen) atoms. The third-order valence-corrected chi connectivity index (χ3v) is 2.59. The van der Waals surface area contributed by atoms with Crippen LogP contribution in [0.15, 0.2) is 36.4 Å². The van der Waals surface area contributed by atoms with Crippen molar-refractivity contribution in [1.29, 1.82) is 5.26 Å². The van der Waals surface area contributed by atoms with Gasteiger partial charge in [-0.3, -0.25) is 10.1 Å². The summed E-state index contributed by atoms with van der Waals surface area (Å²) in [6.45, 7) is 0. The second-order valence-corrected chi connectivity index (χ2v) is 3.98. The molecule has 7 heteroatoms. The van der Waals surface area contributed by atoms with Crippen molar-refractivity contribution < 1.29 is 18.8 Å². The average Bonchev–Trinajstić information content (AvgIpc) is 2.46. The van der Waals surface area contributed by atoms with Crippen LogP contribution in [0.2, 0.25) is 0 Å². The zero-order valence-electron chi connectivity index (χ0n) is 10.9. The molecule has 2 aromatic carbocycles. The lowest BCUT2D eigenvalue weighted by Gasteiger charge is -2.08. The first kappa shape index (κ1) is 14.3. The van der Waals surface area contributed by atoms with E-state index in [1.165, 1.54) is 31.4 Å². The summed E-state index contributed by atoms with van der Waals surface area (Å²) >= 11 is 0. The lowest BCUT2D eigenvalue weighted by Crippen LogP contribution is -1.95. The van der Waals surface area contributed by atoms with Crippen LogP contribution in [-0.4, -0.2) is 12.0 Å². The van der Waals surface area contributed by atoms with E-state index in [0.29, 0.717) is 5.75 Å². The van der Waals surface area contributed by atoms with Gasteiger partial charge in [-0.15, -0.1) is 0 Å². The van der Waals surface area contributed by atoms with Gasteiger partial charge in [0.25, 0.3) is 0 Å². The van der Waals surface area contributed by atoms with E-state index in [9.17, 15) is 14.5 Å². The Balaban J connectivity index is 2.45. The highest BCUT2D eigenvalue weighted by Gasteiger charge is 2.17. The molecule has 2 aromatic rings. The van der Waals surface area contributed by atoms with E-state index in [1.807, 2.05) is 0 Å². The number of ether oxygens (including phenoxy) is 2. The number of methoxy groups -OCH3 is 1. The molecule has 0 saturated carbocycles. The third kappa shape index (κ3) is 3.25. The van der Waals surface area contributed by atoms with Gasteiger partial charge in [-0.2, -0.15) is 5.26 Å². The molecule has 0 heterocycles. The van der Waals surface area contributed by atoms with E-state index < -0.39 is 10.7 Å². The SMILES string of the molecule is COc1ccc([N+](=O)[O-])c(Oc2cc(F)cc(C#N)c2)c1. The second-order valence-electron chi connectivity index (χ2n) is 3.98. The molecule has 106 valence electrons. The van der Waals surface area contributed by atoms with Crippen LogP contribution in [-0.2, 0) is 0 Å². The number of nitriles is 1. The highest BCUT2D eigenvalue weighted by Crippen LogP contribution is 2.35. The number of nitro groups is 1. The van der Waals surface area contributed by atoms with Crippen molar-refractivity contribution in [2.24, 2.45) is 0 Å². The minimum absolute atomic E-state index is 0.0112. The Labute approximate surface area is 119 Å². The fourth-order valence-corrected chi connectivity index (χ4v) is 1.67. The van der Waals surface area contributed by atoms with Crippen LogP contribution < -0.4 is 9.47 Å². The van der Waals surface area contributed by atoms with Gasteiger partial charge in [-0.25, -0.2) is 4.39 Å². The molecule has 2 rings (SSSR count). The van der Waals surface area contributed by atoms with Gasteiger partial charge < -0.3 is 9.47 Å². The second kappa shape index (κ2) is 5.88. The van der Waals surface area contributed by atoms with Crippen LogP contribution in [0.1, 0.15) is 5.56 Å². The molecule has 0 aliphatic rings. The fourth-order valence-electron chi connectivity index (χ4n) is 1.67. The van der Waals surface area contributed by atoms with Crippen LogP contribution in [0, 0.1) is 27.3 Å². The topological polar surface area (TPSA) is 85.4 Å². The summed E-state index contributed by atoms with van der Waals surface area (Å²) in [6, 6.07) is 9.08. The zero-order valence-corrected chi connectivity index (χ0v) is 10.9. The number of halogens is 1. The first-order valence-corrected chi connectivity index (χ1v) is 5.74. The maximum absolute atomic E-state index is 13.3. The van der Waals surface area contributed by atoms with E-state index in [4.69, 9.17) is 14.7 Å². The quantitative estimate of drug-likeness (QED) is 0.635. The van der Waals surface area contributed by atoms with Crippen LogP contribution in [0.5, 0.6) is 17.2 Å². The van der Waals surface area contributed by atoms with Crippen LogP contribution in [0.3, 0.4) is 0 Å². The van der Waals surface area contributed by atoms with E-state index in [1.54, 1.807) is 6.07 Å². The summed E-state index contributed by atoms with van der Waals surface area (Å²) in [6.07, 6.45) is 0. The monoisotopic (exact) mass is 288 g/mol. The summed E-state index contributed by atoms with van der Waals surface area (Å²) < 4.78 is 23.6. The van der Waals surface area contributed by atoms with Crippen molar-refractivity contribution in [2.75, 3.05) is 7.11 Å². The van der Waals surface area contributed by atoms with Crippen molar-refractivity contribution in [3.63, 3.8) is 0 Å². The molecule has 0 aromatic heterocycles. The predicted molar refractivity (Wildman–Crippen MR) is 70.8 cm³/mol. The normalized spacial score (nSPS) is 9.76. The van der Waals surface area contributed by atoms with Gasteiger partial charge >= 0.3 is 5.69 Å². The van der Waals surface area contributed by atoms with Crippen molar-refractivity contribution >= 4 is 5.69 Å². The van der Waals surface area contributed by atoms with Crippen LogP contribution >= 0.6 is 0 Å². The van der Waals surface area contributed by atoms with Gasteiger partial charge in [0.05, 0.1) is 23.7 Å². The average molecular weight is 288 g/mol. The van der Waals surface area contributed by atoms with Gasteiger partial charge in [0.2, 0.25) is 5.75 Å². The van der Waals surface area contributed by atoms with Crippen molar-refractivity contribution in [2.45, 2.75) is 0 Å². The largest absolute Gasteiger partial charge is 0.497 e. The minimum Gasteiger partial charge on any atom is -0.497 e. The minimum atomic E-state index is -0.672. The number of hydrogen-bond acceptors (Lipinski definition) is 5. The molecule has 0 fully saturated rings. The molecule has 0 aliphatic heterocycles. The third-order valence-electron chi connectivity index (χ3n) is 2.59. The molecule has 6 nitrogen and oxygen atoms in total. The van der Waals surface area contributed by atoms with Crippen LogP contribution in [0.25, 0.3) is 0 Å². The maximum Gasteiger partial charge on any atom is 0.311 e. The van der Waals surface area contributed by atoms with E-state index in [2.05, 4.69) is 0 Å². The lowest BCUT2D eigenvalue weighted by molar-refractivity contribution is -0.385. The highest BCUT2D eigenvalue weighted by molar-refractivity contribution is 5.52. The first-order valence-electron chi connectivity index (χ1n) is 5.74. The Bertz CT molecular complexity index is 740. The van der Waals surface area contributed by atoms with Gasteiger partial charge in [-0.1, -0.05) is 0 Å². The molecule has 0 unspecified atom stereocenters. The number of benzene rings is 2. The Hall–Kier alpha value is -3.14. The molecular formula is C14H9FN2O4. The van der Waals surface area contributed by atoms with Gasteiger partial charge in [0.15, 0.2) is 0 Å². The Kier molecular flexibility index (Phi) is 4.00. The summed E-state index contributed by atoms with van der Waals surface area (Å²) in [5.74, 6) is -0.432. The number of hydrogen-bond donors (Lipinski definition) is 0. The fraction of sp³-hybridized carbons (Fsp3) is 0.0714. The molecule has 0 bridgehead atoms. The molecule has 0 N–H and O–H groups in total. The van der Waals surface area contributed by atoms with Gasteiger partial charge in [0.1, 0.15) is 17.3 Å². The molecule has 0 amide bonds. The lowest BCUT2D eigenvalue weighted by atomic mass is 10.2. The molecule has 0 spiro atoms. The standard InChI is InChI=1S/C14H9FN2O4/c1-20-11-2-3-13(17(18)19)14(7-11)21-12-5-9(8-16)4-10(15)6-12/h2-7H,1H3. The zero-order chi connectivity index (χ0) is 15.4. The van der Waals surface area contributed by atoms with E-state index in [0.717, 1.165) is 12.1 Å². The van der Waals surface area contributed by atoms with Crippen molar-refractivity contribution in [1.82, 2.24) is 0 Å².